The van der Waals surface area contributed by atoms with E-state index in [1.165, 1.54) is 24.3 Å². The van der Waals surface area contributed by atoms with E-state index in [0.29, 0.717) is 9.25 Å². The molecular weight excluding hydrogens is 617 g/mol. The number of aliphatic hydroxyl groups is 1. The summed E-state index contributed by atoms with van der Waals surface area (Å²) < 4.78 is 124. The van der Waals surface area contributed by atoms with Gasteiger partial charge < -0.3 is 14.7 Å². The number of nitrogens with zero attached hydrogens (tertiary/aromatic N) is 7. The van der Waals surface area contributed by atoms with Crippen LogP contribution >= 0.6 is 11.6 Å². The van der Waals surface area contributed by atoms with Gasteiger partial charge in [0, 0.05) is 17.1 Å². The van der Waals surface area contributed by atoms with Gasteiger partial charge in [0.15, 0.2) is 23.9 Å². The predicted molar refractivity (Wildman–Crippen MR) is 127 cm³/mol. The molecule has 1 unspecified atom stereocenters. The van der Waals surface area contributed by atoms with E-state index in [1.807, 2.05) is 0 Å². The third-order valence-corrected chi connectivity index (χ3v) is 6.32. The quantitative estimate of drug-likeness (QED) is 0.376. The molecule has 3 aromatic rings. The molecular formula is C22H21ClF9N7O3. The Balaban J connectivity index is 1.71. The van der Waals surface area contributed by atoms with E-state index in [2.05, 4.69) is 15.2 Å². The molecule has 4 rings (SSSR count). The summed E-state index contributed by atoms with van der Waals surface area (Å²) in [7, 11) is 0. The lowest BCUT2D eigenvalue weighted by molar-refractivity contribution is -0.221. The molecule has 1 aromatic carbocycles. The van der Waals surface area contributed by atoms with Crippen molar-refractivity contribution in [1.29, 1.82) is 0 Å². The second-order valence-corrected chi connectivity index (χ2v) is 9.64. The van der Waals surface area contributed by atoms with E-state index in [1.54, 1.807) is 0 Å². The molecule has 0 saturated carbocycles. The van der Waals surface area contributed by atoms with Gasteiger partial charge in [-0.25, -0.2) is 14.2 Å². The molecule has 0 amide bonds. The van der Waals surface area contributed by atoms with E-state index in [4.69, 9.17) is 16.3 Å². The third-order valence-electron chi connectivity index (χ3n) is 6.07. The first kappa shape index (κ1) is 31.6. The Bertz CT molecular complexity index is 1430. The van der Waals surface area contributed by atoms with E-state index in [-0.39, 0.29) is 34.7 Å². The first-order valence-electron chi connectivity index (χ1n) is 12.0. The Morgan fingerprint density at radius 1 is 1.02 bits per heavy atom. The Morgan fingerprint density at radius 3 is 2.29 bits per heavy atom. The van der Waals surface area contributed by atoms with Crippen LogP contribution in [-0.4, -0.2) is 84.7 Å². The van der Waals surface area contributed by atoms with Gasteiger partial charge in [0.25, 0.3) is 0 Å². The molecule has 3 heterocycles. The molecule has 1 aliphatic rings. The van der Waals surface area contributed by atoms with Gasteiger partial charge in [-0.2, -0.15) is 49.6 Å². The van der Waals surface area contributed by atoms with Crippen LogP contribution in [0.5, 0.6) is 0 Å². The standard InChI is InChI=1S/C22H21ClF9N7O3/c23-13-3-1-12(2-4-13)17-35-39(19(41)37(17)9-14(40)21(27,28)29)11-16-33-18(38(34-16)6-5-20(24,25)26)36-7-8-42-15(10-36)22(30,31)32/h1-4,14-15,40H,5-11H2/t14-,15?/m0/s1. The van der Waals surface area contributed by atoms with Crippen LogP contribution in [0.25, 0.3) is 11.4 Å². The number of halogens is 10. The number of hydrogen-bond donors (Lipinski definition) is 1. The molecule has 0 radical (unpaired) electrons. The van der Waals surface area contributed by atoms with Crippen molar-refractivity contribution in [3.8, 4) is 11.4 Å². The average Bonchev–Trinajstić information content (AvgIpc) is 3.43. The number of aliphatic hydroxyl groups excluding tert-OH is 1. The molecule has 42 heavy (non-hydrogen) atoms. The number of aryl methyl sites for hydroxylation is 1. The molecule has 0 aliphatic carbocycles. The lowest BCUT2D eigenvalue weighted by atomic mass is 10.2. The lowest BCUT2D eigenvalue weighted by Crippen LogP contribution is -2.50. The normalized spacial score (nSPS) is 17.6. The van der Waals surface area contributed by atoms with Crippen LogP contribution in [0.1, 0.15) is 12.2 Å². The van der Waals surface area contributed by atoms with Crippen LogP contribution in [0.3, 0.4) is 0 Å². The fraction of sp³-hybridized carbons (Fsp3) is 0.545. The van der Waals surface area contributed by atoms with Crippen molar-refractivity contribution in [2.45, 2.75) is 56.8 Å². The average molecular weight is 638 g/mol. The van der Waals surface area contributed by atoms with Gasteiger partial charge in [-0.3, -0.25) is 4.57 Å². The maximum absolute atomic E-state index is 13.3. The van der Waals surface area contributed by atoms with Crippen molar-refractivity contribution in [2.24, 2.45) is 0 Å². The topological polar surface area (TPSA) is 103 Å². The zero-order valence-corrected chi connectivity index (χ0v) is 21.8. The summed E-state index contributed by atoms with van der Waals surface area (Å²) in [6, 6.07) is 5.44. The van der Waals surface area contributed by atoms with E-state index in [0.717, 1.165) is 9.58 Å². The second-order valence-electron chi connectivity index (χ2n) is 9.20. The van der Waals surface area contributed by atoms with Crippen molar-refractivity contribution in [3.05, 3.63) is 45.6 Å². The SMILES string of the molecule is O=c1n(Cc2nc(N3CCOC(C(F)(F)F)C3)n(CCC(F)(F)F)n2)nc(-c2ccc(Cl)cc2)n1C[C@H](O)C(F)(F)F. The minimum absolute atomic E-state index is 0.139. The first-order valence-corrected chi connectivity index (χ1v) is 12.4. The van der Waals surface area contributed by atoms with Gasteiger partial charge in [-0.15, -0.1) is 5.10 Å². The molecule has 232 valence electrons. The van der Waals surface area contributed by atoms with Gasteiger partial charge >= 0.3 is 24.2 Å². The smallest absolute Gasteiger partial charge is 0.382 e. The summed E-state index contributed by atoms with van der Waals surface area (Å²) in [6.45, 7) is -4.11. The molecule has 2 aromatic heterocycles. The van der Waals surface area contributed by atoms with Gasteiger partial charge in [0.05, 0.1) is 32.7 Å². The molecule has 2 atom stereocenters. The predicted octanol–water partition coefficient (Wildman–Crippen LogP) is 3.65. The highest BCUT2D eigenvalue weighted by Crippen LogP contribution is 2.29. The fourth-order valence-electron chi connectivity index (χ4n) is 4.02. The first-order chi connectivity index (χ1) is 19.4. The molecule has 1 aliphatic heterocycles. The van der Waals surface area contributed by atoms with Gasteiger partial charge in [-0.05, 0) is 24.3 Å². The third kappa shape index (κ3) is 7.54. The van der Waals surface area contributed by atoms with E-state index >= 15 is 0 Å². The Morgan fingerprint density at radius 2 is 1.69 bits per heavy atom. The van der Waals surface area contributed by atoms with Crippen LogP contribution in [0, 0.1) is 0 Å². The second kappa shape index (κ2) is 11.8. The Hall–Kier alpha value is -3.32. The van der Waals surface area contributed by atoms with Crippen molar-refractivity contribution < 1.29 is 49.4 Å². The summed E-state index contributed by atoms with van der Waals surface area (Å²) in [5.41, 5.74) is -1.01. The van der Waals surface area contributed by atoms with Crippen LogP contribution in [-0.2, 0) is 24.4 Å². The maximum atomic E-state index is 13.3. The molecule has 1 fully saturated rings. The number of morpholine rings is 1. The van der Waals surface area contributed by atoms with Crippen molar-refractivity contribution in [2.75, 3.05) is 24.6 Å². The molecule has 0 spiro atoms. The monoisotopic (exact) mass is 637 g/mol. The number of alkyl halides is 9. The molecule has 0 bridgehead atoms. The number of anilines is 1. The van der Waals surface area contributed by atoms with Crippen molar-refractivity contribution in [3.63, 3.8) is 0 Å². The summed E-state index contributed by atoms with van der Waals surface area (Å²) in [5, 5.41) is 17.8. The molecule has 1 saturated heterocycles. The molecule has 1 N–H and O–H groups in total. The minimum atomic E-state index is -5.08. The fourth-order valence-corrected chi connectivity index (χ4v) is 4.15. The number of ether oxygens (including phenoxy) is 1. The highest BCUT2D eigenvalue weighted by Gasteiger charge is 2.44. The van der Waals surface area contributed by atoms with Crippen LogP contribution in [0.2, 0.25) is 5.02 Å². The van der Waals surface area contributed by atoms with E-state index in [9.17, 15) is 49.4 Å². The molecule has 10 nitrogen and oxygen atoms in total. The Labute approximate surface area is 234 Å². The van der Waals surface area contributed by atoms with Crippen LogP contribution < -0.4 is 10.6 Å². The zero-order chi connectivity index (χ0) is 31.0. The van der Waals surface area contributed by atoms with Gasteiger partial charge in [0.1, 0.15) is 6.54 Å². The lowest BCUT2D eigenvalue weighted by Gasteiger charge is -2.34. The summed E-state index contributed by atoms with van der Waals surface area (Å²) in [5.74, 6) is -1.02. The van der Waals surface area contributed by atoms with Gasteiger partial charge in [-0.1, -0.05) is 11.6 Å². The summed E-state index contributed by atoms with van der Waals surface area (Å²) in [6.07, 6.45) is -21.1. The highest BCUT2D eigenvalue weighted by atomic mass is 35.5. The van der Waals surface area contributed by atoms with Crippen molar-refractivity contribution >= 4 is 17.5 Å². The maximum Gasteiger partial charge on any atom is 0.416 e. The summed E-state index contributed by atoms with van der Waals surface area (Å²) in [4.78, 5) is 18.2. The summed E-state index contributed by atoms with van der Waals surface area (Å²) >= 11 is 5.85. The number of benzene rings is 1. The largest absolute Gasteiger partial charge is 0.416 e. The Kier molecular flexibility index (Phi) is 8.85. The molecule has 20 heteroatoms. The van der Waals surface area contributed by atoms with Crippen LogP contribution in [0.4, 0.5) is 45.5 Å². The van der Waals surface area contributed by atoms with Crippen molar-refractivity contribution in [1.82, 2.24) is 29.1 Å². The van der Waals surface area contributed by atoms with Gasteiger partial charge in [0.2, 0.25) is 5.95 Å². The zero-order valence-electron chi connectivity index (χ0n) is 21.1. The number of aromatic nitrogens is 6. The highest BCUT2D eigenvalue weighted by molar-refractivity contribution is 6.30. The number of rotatable bonds is 8. The van der Waals surface area contributed by atoms with E-state index < -0.39 is 75.6 Å². The number of hydrogen-bond acceptors (Lipinski definition) is 7. The minimum Gasteiger partial charge on any atom is -0.382 e. The van der Waals surface area contributed by atoms with Crippen LogP contribution in [0.15, 0.2) is 29.1 Å².